The predicted octanol–water partition coefficient (Wildman–Crippen LogP) is 1.57. The van der Waals surface area contributed by atoms with Gasteiger partial charge in [-0.3, -0.25) is 4.79 Å². The Balaban J connectivity index is 2.42. The summed E-state index contributed by atoms with van der Waals surface area (Å²) >= 11 is 0. The van der Waals surface area contributed by atoms with Gasteiger partial charge in [0.1, 0.15) is 5.76 Å². The molecule has 0 unspecified atom stereocenters. The summed E-state index contributed by atoms with van der Waals surface area (Å²) in [4.78, 5) is 11.2. The second-order valence-electron chi connectivity index (χ2n) is 3.57. The van der Waals surface area contributed by atoms with Gasteiger partial charge in [0.15, 0.2) is 0 Å². The van der Waals surface area contributed by atoms with E-state index in [1.807, 2.05) is 12.2 Å². The van der Waals surface area contributed by atoms with Crippen molar-refractivity contribution in [1.82, 2.24) is 9.78 Å². The van der Waals surface area contributed by atoms with Gasteiger partial charge in [0.2, 0.25) is 0 Å². The van der Waals surface area contributed by atoms with Crippen molar-refractivity contribution in [1.29, 1.82) is 0 Å². The van der Waals surface area contributed by atoms with Crippen molar-refractivity contribution in [2.24, 2.45) is 7.05 Å². The molecular formula is C12H12N2O2. The molecule has 0 atom stereocenters. The Labute approximate surface area is 92.8 Å². The van der Waals surface area contributed by atoms with E-state index in [0.717, 1.165) is 11.3 Å². The van der Waals surface area contributed by atoms with Crippen molar-refractivity contribution in [2.75, 3.05) is 0 Å². The molecule has 0 saturated heterocycles. The van der Waals surface area contributed by atoms with E-state index in [-0.39, 0.29) is 11.3 Å². The third kappa shape index (κ3) is 2.11. The highest BCUT2D eigenvalue weighted by molar-refractivity contribution is 5.66. The average molecular weight is 216 g/mol. The highest BCUT2D eigenvalue weighted by Gasteiger charge is 2.04. The van der Waals surface area contributed by atoms with Gasteiger partial charge >= 0.3 is 0 Å². The van der Waals surface area contributed by atoms with Gasteiger partial charge in [-0.05, 0) is 30.2 Å². The summed E-state index contributed by atoms with van der Waals surface area (Å²) < 4.78 is 1.30. The maximum absolute atomic E-state index is 11.2. The largest absolute Gasteiger partial charge is 0.508 e. The summed E-state index contributed by atoms with van der Waals surface area (Å²) in [5, 5.41) is 13.5. The average Bonchev–Trinajstić information content (AvgIpc) is 2.47. The van der Waals surface area contributed by atoms with Crippen molar-refractivity contribution in [3.05, 3.63) is 58.2 Å². The van der Waals surface area contributed by atoms with E-state index in [9.17, 15) is 9.90 Å². The molecule has 1 N–H and O–H groups in total. The number of allylic oxidation sites excluding steroid dienone is 5. The van der Waals surface area contributed by atoms with Crippen LogP contribution in [0.5, 0.6) is 0 Å². The first-order valence-electron chi connectivity index (χ1n) is 4.98. The third-order valence-corrected chi connectivity index (χ3v) is 2.37. The van der Waals surface area contributed by atoms with E-state index in [0.29, 0.717) is 6.42 Å². The molecule has 0 radical (unpaired) electrons. The molecule has 2 rings (SSSR count). The molecule has 16 heavy (non-hydrogen) atoms. The lowest BCUT2D eigenvalue weighted by molar-refractivity contribution is 0.432. The normalized spacial score (nSPS) is 15.3. The van der Waals surface area contributed by atoms with E-state index in [1.54, 1.807) is 25.3 Å². The fourth-order valence-electron chi connectivity index (χ4n) is 1.48. The van der Waals surface area contributed by atoms with Crippen LogP contribution in [0.4, 0.5) is 0 Å². The minimum absolute atomic E-state index is 0.132. The van der Waals surface area contributed by atoms with Gasteiger partial charge in [0.05, 0.1) is 5.69 Å². The van der Waals surface area contributed by atoms with E-state index in [1.165, 1.54) is 10.7 Å². The molecule has 82 valence electrons. The molecule has 0 aliphatic heterocycles. The van der Waals surface area contributed by atoms with E-state index < -0.39 is 0 Å². The topological polar surface area (TPSA) is 55.1 Å². The maximum atomic E-state index is 11.2. The van der Waals surface area contributed by atoms with Crippen LogP contribution in [0.3, 0.4) is 0 Å². The van der Waals surface area contributed by atoms with Crippen LogP contribution in [0.25, 0.3) is 5.57 Å². The lowest BCUT2D eigenvalue weighted by Crippen LogP contribution is -2.19. The molecule has 1 aromatic heterocycles. The third-order valence-electron chi connectivity index (χ3n) is 2.37. The Morgan fingerprint density at radius 3 is 2.94 bits per heavy atom. The molecule has 1 heterocycles. The maximum Gasteiger partial charge on any atom is 0.266 e. The highest BCUT2D eigenvalue weighted by atomic mass is 16.3. The first kappa shape index (κ1) is 10.4. The molecule has 0 amide bonds. The SMILES string of the molecule is Cn1nc(C2=CC=C(O)C=CC2)ccc1=O. The molecule has 0 spiro atoms. The number of aliphatic hydroxyl groups excluding tert-OH is 1. The van der Waals surface area contributed by atoms with Crippen LogP contribution in [0.15, 0.2) is 47.0 Å². The zero-order chi connectivity index (χ0) is 11.5. The lowest BCUT2D eigenvalue weighted by Gasteiger charge is -2.03. The number of aliphatic hydroxyl groups is 1. The molecule has 0 aromatic carbocycles. The van der Waals surface area contributed by atoms with Crippen LogP contribution in [-0.4, -0.2) is 14.9 Å². The second kappa shape index (κ2) is 4.18. The smallest absolute Gasteiger partial charge is 0.266 e. The molecule has 0 saturated carbocycles. The van der Waals surface area contributed by atoms with Gasteiger partial charge in [-0.25, -0.2) is 4.68 Å². The zero-order valence-corrected chi connectivity index (χ0v) is 8.92. The number of hydrogen-bond acceptors (Lipinski definition) is 3. The number of aryl methyl sites for hydroxylation is 1. The van der Waals surface area contributed by atoms with Crippen LogP contribution >= 0.6 is 0 Å². The molecule has 4 nitrogen and oxygen atoms in total. The summed E-state index contributed by atoms with van der Waals surface area (Å²) in [5.74, 6) is 0.222. The van der Waals surface area contributed by atoms with Gasteiger partial charge in [-0.15, -0.1) is 0 Å². The molecule has 1 aliphatic carbocycles. The van der Waals surface area contributed by atoms with E-state index in [2.05, 4.69) is 5.10 Å². The summed E-state index contributed by atoms with van der Waals surface area (Å²) in [6.07, 6.45) is 7.61. The Hall–Kier alpha value is -2.10. The van der Waals surface area contributed by atoms with Gasteiger partial charge in [-0.1, -0.05) is 12.2 Å². The molecule has 4 heteroatoms. The standard InChI is InChI=1S/C12H12N2O2/c1-14-12(16)8-7-11(13-14)9-3-2-4-10(15)6-5-9/h2,4-8,15H,3H2,1H3. The Morgan fingerprint density at radius 1 is 1.38 bits per heavy atom. The molecule has 0 bridgehead atoms. The Morgan fingerprint density at radius 2 is 2.19 bits per heavy atom. The van der Waals surface area contributed by atoms with Crippen molar-refractivity contribution in [3.8, 4) is 0 Å². The Kier molecular flexibility index (Phi) is 2.72. The fraction of sp³-hybridized carbons (Fsp3) is 0.167. The zero-order valence-electron chi connectivity index (χ0n) is 8.92. The van der Waals surface area contributed by atoms with E-state index in [4.69, 9.17) is 0 Å². The van der Waals surface area contributed by atoms with Crippen molar-refractivity contribution in [3.63, 3.8) is 0 Å². The minimum Gasteiger partial charge on any atom is -0.508 e. The number of rotatable bonds is 1. The monoisotopic (exact) mass is 216 g/mol. The van der Waals surface area contributed by atoms with Crippen LogP contribution in [-0.2, 0) is 7.05 Å². The van der Waals surface area contributed by atoms with Gasteiger partial charge in [0, 0.05) is 13.1 Å². The number of nitrogens with zero attached hydrogens (tertiary/aromatic N) is 2. The highest BCUT2D eigenvalue weighted by Crippen LogP contribution is 2.18. The molecule has 1 aliphatic rings. The van der Waals surface area contributed by atoms with Gasteiger partial charge < -0.3 is 5.11 Å². The second-order valence-corrected chi connectivity index (χ2v) is 3.57. The lowest BCUT2D eigenvalue weighted by atomic mass is 10.1. The van der Waals surface area contributed by atoms with Crippen LogP contribution in [0.1, 0.15) is 12.1 Å². The van der Waals surface area contributed by atoms with Crippen LogP contribution in [0, 0.1) is 0 Å². The van der Waals surface area contributed by atoms with E-state index >= 15 is 0 Å². The van der Waals surface area contributed by atoms with Gasteiger partial charge in [0.25, 0.3) is 5.56 Å². The fourth-order valence-corrected chi connectivity index (χ4v) is 1.48. The molecular weight excluding hydrogens is 204 g/mol. The molecule has 1 aromatic rings. The minimum atomic E-state index is -0.132. The summed E-state index contributed by atoms with van der Waals surface area (Å²) in [5.41, 5.74) is 1.58. The molecule has 0 fully saturated rings. The first-order chi connectivity index (χ1) is 7.66. The quantitative estimate of drug-likeness (QED) is 0.775. The number of hydrogen-bond donors (Lipinski definition) is 1. The van der Waals surface area contributed by atoms with Crippen molar-refractivity contribution < 1.29 is 5.11 Å². The summed E-state index contributed by atoms with van der Waals surface area (Å²) in [7, 11) is 1.62. The Bertz CT molecular complexity index is 550. The van der Waals surface area contributed by atoms with Crippen molar-refractivity contribution >= 4 is 5.57 Å². The first-order valence-corrected chi connectivity index (χ1v) is 4.98. The summed E-state index contributed by atoms with van der Waals surface area (Å²) in [6.45, 7) is 0. The predicted molar refractivity (Wildman–Crippen MR) is 61.9 cm³/mol. The van der Waals surface area contributed by atoms with Crippen LogP contribution < -0.4 is 5.56 Å². The van der Waals surface area contributed by atoms with Crippen LogP contribution in [0.2, 0.25) is 0 Å². The van der Waals surface area contributed by atoms with Gasteiger partial charge in [-0.2, -0.15) is 5.10 Å². The number of aromatic nitrogens is 2. The summed E-state index contributed by atoms with van der Waals surface area (Å²) in [6, 6.07) is 3.18. The van der Waals surface area contributed by atoms with Crippen molar-refractivity contribution in [2.45, 2.75) is 6.42 Å².